The zero-order chi connectivity index (χ0) is 20.3. The topological polar surface area (TPSA) is 84.5 Å². The van der Waals surface area contributed by atoms with Crippen LogP contribution < -0.4 is 14.8 Å². The molecule has 0 saturated heterocycles. The second kappa shape index (κ2) is 8.00. The number of carbonyl (C=O) groups excluding carboxylic acids is 1. The fraction of sp³-hybridized carbons (Fsp3) is 0.190. The van der Waals surface area contributed by atoms with Crippen molar-refractivity contribution in [2.24, 2.45) is 0 Å². The third kappa shape index (κ3) is 4.16. The maximum absolute atomic E-state index is 12.9. The number of sulfonamides is 1. The van der Waals surface area contributed by atoms with Crippen LogP contribution in [-0.4, -0.2) is 21.4 Å². The van der Waals surface area contributed by atoms with Crippen LogP contribution in [0.4, 0.5) is 5.69 Å². The van der Waals surface area contributed by atoms with Crippen molar-refractivity contribution >= 4 is 32.4 Å². The Labute approximate surface area is 164 Å². The predicted molar refractivity (Wildman–Crippen MR) is 110 cm³/mol. The van der Waals surface area contributed by atoms with Gasteiger partial charge in [-0.3, -0.25) is 4.79 Å². The number of fused-ring (bicyclic) bond motifs is 1. The zero-order valence-corrected chi connectivity index (χ0v) is 16.7. The van der Waals surface area contributed by atoms with E-state index in [1.807, 2.05) is 42.5 Å². The molecule has 0 aliphatic carbocycles. The molecule has 0 spiro atoms. The summed E-state index contributed by atoms with van der Waals surface area (Å²) in [6.07, 6.45) is 0. The number of ether oxygens (including phenoxy) is 1. The van der Waals surface area contributed by atoms with Crippen molar-refractivity contribution in [3.05, 3.63) is 66.2 Å². The Hall–Kier alpha value is -2.90. The second-order valence-electron chi connectivity index (χ2n) is 6.45. The molecule has 0 aliphatic heterocycles. The van der Waals surface area contributed by atoms with Gasteiger partial charge in [-0.05, 0) is 41.5 Å². The first-order chi connectivity index (χ1) is 13.3. The molecule has 0 aromatic heterocycles. The van der Waals surface area contributed by atoms with Crippen molar-refractivity contribution in [1.29, 1.82) is 0 Å². The molecule has 0 aliphatic rings. The third-order valence-corrected chi connectivity index (χ3v) is 5.95. The van der Waals surface area contributed by atoms with Gasteiger partial charge in [0.15, 0.2) is 0 Å². The number of nitrogens with one attached hydrogen (secondary N) is 2. The first-order valence-electron chi connectivity index (χ1n) is 8.77. The first-order valence-corrected chi connectivity index (χ1v) is 10.3. The van der Waals surface area contributed by atoms with Crippen molar-refractivity contribution in [2.45, 2.75) is 24.8 Å². The van der Waals surface area contributed by atoms with Crippen molar-refractivity contribution in [2.75, 3.05) is 12.4 Å². The summed E-state index contributed by atoms with van der Waals surface area (Å²) in [5.41, 5.74) is 1.19. The summed E-state index contributed by atoms with van der Waals surface area (Å²) in [5, 5.41) is 4.63. The molecule has 3 aromatic rings. The summed E-state index contributed by atoms with van der Waals surface area (Å²) >= 11 is 0. The number of carbonyl (C=O) groups is 1. The maximum Gasteiger partial charge on any atom is 0.241 e. The lowest BCUT2D eigenvalue weighted by Crippen LogP contribution is -2.27. The SMILES string of the molecule is COc1ccc(S(=O)(=O)N[C@H](C)c2cccc3ccccc23)cc1NC(C)=O. The van der Waals surface area contributed by atoms with Crippen LogP contribution in [0.15, 0.2) is 65.6 Å². The van der Waals surface area contributed by atoms with Crippen LogP contribution in [0.2, 0.25) is 0 Å². The zero-order valence-electron chi connectivity index (χ0n) is 15.9. The monoisotopic (exact) mass is 398 g/mol. The van der Waals surface area contributed by atoms with E-state index in [1.165, 1.54) is 32.2 Å². The molecule has 146 valence electrons. The summed E-state index contributed by atoms with van der Waals surface area (Å²) < 4.78 is 33.8. The summed E-state index contributed by atoms with van der Waals surface area (Å²) in [5.74, 6) is 0.0705. The number of hydrogen-bond donors (Lipinski definition) is 2. The lowest BCUT2D eigenvalue weighted by atomic mass is 10.0. The van der Waals surface area contributed by atoms with Crippen LogP contribution in [0, 0.1) is 0 Å². The van der Waals surface area contributed by atoms with E-state index >= 15 is 0 Å². The molecule has 0 radical (unpaired) electrons. The Kier molecular flexibility index (Phi) is 5.67. The maximum atomic E-state index is 12.9. The fourth-order valence-electron chi connectivity index (χ4n) is 3.13. The number of benzene rings is 3. The van der Waals surface area contributed by atoms with E-state index < -0.39 is 16.1 Å². The van der Waals surface area contributed by atoms with Crippen LogP contribution in [0.25, 0.3) is 10.8 Å². The number of rotatable bonds is 6. The molecule has 0 bridgehead atoms. The Balaban J connectivity index is 1.94. The summed E-state index contributed by atoms with van der Waals surface area (Å²) in [7, 11) is -2.36. The van der Waals surface area contributed by atoms with Crippen molar-refractivity contribution < 1.29 is 17.9 Å². The van der Waals surface area contributed by atoms with Crippen molar-refractivity contribution in [3.8, 4) is 5.75 Å². The lowest BCUT2D eigenvalue weighted by Gasteiger charge is -2.18. The predicted octanol–water partition coefficient (Wildman–Crippen LogP) is 3.85. The minimum Gasteiger partial charge on any atom is -0.495 e. The van der Waals surface area contributed by atoms with E-state index in [2.05, 4.69) is 10.0 Å². The standard InChI is InChI=1S/C21H22N2O4S/c1-14(18-10-6-8-16-7-4-5-9-19(16)18)23-28(25,26)17-11-12-21(27-3)20(13-17)22-15(2)24/h4-14,23H,1-3H3,(H,22,24)/t14-/m1/s1. The fourth-order valence-corrected chi connectivity index (χ4v) is 4.38. The summed E-state index contributed by atoms with van der Waals surface area (Å²) in [6, 6.07) is 17.5. The molecular formula is C21H22N2O4S. The van der Waals surface area contributed by atoms with Gasteiger partial charge in [0.1, 0.15) is 5.75 Å². The Morgan fingerprint density at radius 2 is 1.75 bits per heavy atom. The molecule has 0 fully saturated rings. The average molecular weight is 398 g/mol. The minimum absolute atomic E-state index is 0.0455. The highest BCUT2D eigenvalue weighted by Gasteiger charge is 2.21. The molecule has 0 heterocycles. The van der Waals surface area contributed by atoms with Gasteiger partial charge in [0.05, 0.1) is 17.7 Å². The van der Waals surface area contributed by atoms with E-state index in [0.29, 0.717) is 11.4 Å². The highest BCUT2D eigenvalue weighted by Crippen LogP contribution is 2.29. The van der Waals surface area contributed by atoms with Gasteiger partial charge in [-0.2, -0.15) is 0 Å². The molecule has 1 amide bonds. The average Bonchev–Trinajstić information content (AvgIpc) is 2.66. The Bertz CT molecular complexity index is 1120. The molecule has 1 atom stereocenters. The molecule has 6 nitrogen and oxygen atoms in total. The quantitative estimate of drug-likeness (QED) is 0.661. The van der Waals surface area contributed by atoms with Gasteiger partial charge < -0.3 is 10.1 Å². The van der Waals surface area contributed by atoms with E-state index in [9.17, 15) is 13.2 Å². The Morgan fingerprint density at radius 1 is 1.04 bits per heavy atom. The van der Waals surface area contributed by atoms with Crippen molar-refractivity contribution in [3.63, 3.8) is 0 Å². The smallest absolute Gasteiger partial charge is 0.241 e. The molecule has 7 heteroatoms. The lowest BCUT2D eigenvalue weighted by molar-refractivity contribution is -0.114. The molecule has 2 N–H and O–H groups in total. The molecule has 3 aromatic carbocycles. The summed E-state index contributed by atoms with van der Waals surface area (Å²) in [4.78, 5) is 11.4. The van der Waals surface area contributed by atoms with Gasteiger partial charge in [0, 0.05) is 13.0 Å². The molecule has 0 unspecified atom stereocenters. The second-order valence-corrected chi connectivity index (χ2v) is 8.17. The number of methoxy groups -OCH3 is 1. The van der Waals surface area contributed by atoms with E-state index in [0.717, 1.165) is 16.3 Å². The van der Waals surface area contributed by atoms with Crippen molar-refractivity contribution in [1.82, 2.24) is 4.72 Å². The van der Waals surface area contributed by atoms with Gasteiger partial charge in [-0.15, -0.1) is 0 Å². The highest BCUT2D eigenvalue weighted by molar-refractivity contribution is 7.89. The molecular weight excluding hydrogens is 376 g/mol. The highest BCUT2D eigenvalue weighted by atomic mass is 32.2. The minimum atomic E-state index is -3.82. The summed E-state index contributed by atoms with van der Waals surface area (Å²) in [6.45, 7) is 3.15. The number of amides is 1. The van der Waals surface area contributed by atoms with Crippen LogP contribution in [0.3, 0.4) is 0 Å². The van der Waals surface area contributed by atoms with Gasteiger partial charge in [0.2, 0.25) is 15.9 Å². The first kappa shape index (κ1) is 19.9. The molecule has 3 rings (SSSR count). The van der Waals surface area contributed by atoms with Gasteiger partial charge in [0.25, 0.3) is 0 Å². The van der Waals surface area contributed by atoms with Crippen LogP contribution in [0.5, 0.6) is 5.75 Å². The van der Waals surface area contributed by atoms with Crippen LogP contribution >= 0.6 is 0 Å². The normalized spacial score (nSPS) is 12.5. The third-order valence-electron chi connectivity index (χ3n) is 4.41. The van der Waals surface area contributed by atoms with E-state index in [-0.39, 0.29) is 10.8 Å². The van der Waals surface area contributed by atoms with Gasteiger partial charge in [-0.25, -0.2) is 13.1 Å². The largest absolute Gasteiger partial charge is 0.495 e. The van der Waals surface area contributed by atoms with Gasteiger partial charge in [-0.1, -0.05) is 42.5 Å². The molecule has 0 saturated carbocycles. The molecule has 28 heavy (non-hydrogen) atoms. The van der Waals surface area contributed by atoms with E-state index in [1.54, 1.807) is 6.92 Å². The number of hydrogen-bond acceptors (Lipinski definition) is 4. The van der Waals surface area contributed by atoms with E-state index in [4.69, 9.17) is 4.74 Å². The van der Waals surface area contributed by atoms with Gasteiger partial charge >= 0.3 is 0 Å². The Morgan fingerprint density at radius 3 is 2.46 bits per heavy atom. The van der Waals surface area contributed by atoms with Crippen LogP contribution in [-0.2, 0) is 14.8 Å². The number of anilines is 1. The van der Waals surface area contributed by atoms with Crippen LogP contribution in [0.1, 0.15) is 25.5 Å².